The van der Waals surface area contributed by atoms with Crippen LogP contribution in [0.1, 0.15) is 11.7 Å². The van der Waals surface area contributed by atoms with Crippen molar-refractivity contribution in [2.75, 3.05) is 6.61 Å². The van der Waals surface area contributed by atoms with Crippen molar-refractivity contribution >= 4 is 11.6 Å². The van der Waals surface area contributed by atoms with E-state index < -0.39 is 24.4 Å². The fourth-order valence-corrected chi connectivity index (χ4v) is 1.95. The molecule has 2 heterocycles. The lowest BCUT2D eigenvalue weighted by molar-refractivity contribution is -0.0227. The van der Waals surface area contributed by atoms with E-state index in [0.717, 1.165) is 0 Å². The van der Waals surface area contributed by atoms with Crippen LogP contribution in [-0.4, -0.2) is 45.2 Å². The molecule has 0 saturated carbocycles. The summed E-state index contributed by atoms with van der Waals surface area (Å²) in [5, 5.41) is 28.6. The molecule has 0 aliphatic carbocycles. The lowest BCUT2D eigenvalue weighted by Gasteiger charge is -2.14. The minimum Gasteiger partial charge on any atom is -0.394 e. The van der Waals surface area contributed by atoms with Crippen molar-refractivity contribution in [1.82, 2.24) is 4.98 Å². The molecule has 1 aliphatic heterocycles. The number of ether oxygens (including phenoxy) is 1. The Morgan fingerprint density at radius 2 is 2.12 bits per heavy atom. The minimum atomic E-state index is -1.10. The molecule has 3 N–H and O–H groups in total. The Kier molecular flexibility index (Phi) is 3.41. The number of pyridine rings is 1. The molecule has 1 aliphatic rings. The third-order valence-electron chi connectivity index (χ3n) is 2.62. The highest BCUT2D eigenvalue weighted by molar-refractivity contribution is 6.29. The summed E-state index contributed by atoms with van der Waals surface area (Å²) in [4.78, 5) is 3.81. The molecule has 16 heavy (non-hydrogen) atoms. The largest absolute Gasteiger partial charge is 0.394 e. The van der Waals surface area contributed by atoms with E-state index >= 15 is 0 Å². The first kappa shape index (κ1) is 11.8. The third-order valence-corrected chi connectivity index (χ3v) is 2.83. The van der Waals surface area contributed by atoms with Gasteiger partial charge < -0.3 is 20.1 Å². The van der Waals surface area contributed by atoms with Gasteiger partial charge in [0.05, 0.1) is 6.61 Å². The Morgan fingerprint density at radius 1 is 1.38 bits per heavy atom. The molecule has 0 bridgehead atoms. The highest BCUT2D eigenvalue weighted by Crippen LogP contribution is 2.33. The molecule has 0 amide bonds. The molecule has 88 valence electrons. The van der Waals surface area contributed by atoms with Crippen LogP contribution >= 0.6 is 11.6 Å². The van der Waals surface area contributed by atoms with Crippen molar-refractivity contribution < 1.29 is 20.1 Å². The van der Waals surface area contributed by atoms with Gasteiger partial charge in [-0.1, -0.05) is 11.6 Å². The zero-order valence-electron chi connectivity index (χ0n) is 8.32. The van der Waals surface area contributed by atoms with Gasteiger partial charge in [-0.2, -0.15) is 0 Å². The normalized spacial score (nSPS) is 34.2. The highest BCUT2D eigenvalue weighted by Gasteiger charge is 2.42. The maximum Gasteiger partial charge on any atom is 0.129 e. The van der Waals surface area contributed by atoms with Gasteiger partial charge >= 0.3 is 0 Å². The van der Waals surface area contributed by atoms with Crippen LogP contribution in [-0.2, 0) is 4.74 Å². The molecule has 1 aromatic heterocycles. The van der Waals surface area contributed by atoms with Gasteiger partial charge in [-0.3, -0.25) is 0 Å². The third kappa shape index (κ3) is 2.05. The van der Waals surface area contributed by atoms with Crippen LogP contribution in [0.25, 0.3) is 0 Å². The van der Waals surface area contributed by atoms with Crippen molar-refractivity contribution in [3.8, 4) is 0 Å². The predicted octanol–water partition coefficient (Wildman–Crippen LogP) is -0.111. The van der Waals surface area contributed by atoms with Gasteiger partial charge in [-0.15, -0.1) is 0 Å². The number of aliphatic hydroxyl groups is 3. The van der Waals surface area contributed by atoms with E-state index in [0.29, 0.717) is 5.56 Å². The molecule has 0 unspecified atom stereocenters. The van der Waals surface area contributed by atoms with Crippen LogP contribution < -0.4 is 0 Å². The molecule has 1 saturated heterocycles. The topological polar surface area (TPSA) is 82.8 Å². The van der Waals surface area contributed by atoms with E-state index in [-0.39, 0.29) is 11.8 Å². The van der Waals surface area contributed by atoms with E-state index in [1.54, 1.807) is 12.1 Å². The van der Waals surface area contributed by atoms with Gasteiger partial charge in [-0.05, 0) is 17.7 Å². The molecule has 6 heteroatoms. The predicted molar refractivity (Wildman–Crippen MR) is 56.0 cm³/mol. The van der Waals surface area contributed by atoms with E-state index in [4.69, 9.17) is 21.4 Å². The number of halogens is 1. The summed E-state index contributed by atoms with van der Waals surface area (Å²) < 4.78 is 5.34. The molecular formula is C10H12ClNO4. The summed E-state index contributed by atoms with van der Waals surface area (Å²) in [6.45, 7) is -0.340. The maximum atomic E-state index is 9.75. The molecule has 1 aromatic rings. The van der Waals surface area contributed by atoms with Crippen LogP contribution in [0.5, 0.6) is 0 Å². The van der Waals surface area contributed by atoms with Crippen molar-refractivity contribution in [3.05, 3.63) is 29.0 Å². The van der Waals surface area contributed by atoms with Gasteiger partial charge in [0, 0.05) is 6.20 Å². The van der Waals surface area contributed by atoms with Gasteiger partial charge in [0.2, 0.25) is 0 Å². The molecule has 1 fully saturated rings. The van der Waals surface area contributed by atoms with E-state index in [2.05, 4.69) is 4.98 Å². The molecule has 2 rings (SSSR count). The Morgan fingerprint density at radius 3 is 2.69 bits per heavy atom. The smallest absolute Gasteiger partial charge is 0.129 e. The summed E-state index contributed by atoms with van der Waals surface area (Å²) in [6, 6.07) is 3.20. The molecule has 0 aromatic carbocycles. The summed E-state index contributed by atoms with van der Waals surface area (Å²) in [5.74, 6) is 0. The summed E-state index contributed by atoms with van der Waals surface area (Å²) >= 11 is 5.72. The van der Waals surface area contributed by atoms with Crippen molar-refractivity contribution in [2.45, 2.75) is 24.4 Å². The zero-order valence-corrected chi connectivity index (χ0v) is 9.08. The van der Waals surface area contributed by atoms with Crippen LogP contribution in [0.3, 0.4) is 0 Å². The van der Waals surface area contributed by atoms with E-state index in [1.165, 1.54) is 6.20 Å². The number of aromatic nitrogens is 1. The monoisotopic (exact) mass is 245 g/mol. The number of hydrogen-bond donors (Lipinski definition) is 3. The zero-order chi connectivity index (χ0) is 11.7. The minimum absolute atomic E-state index is 0.287. The number of hydrogen-bond acceptors (Lipinski definition) is 5. The van der Waals surface area contributed by atoms with Gasteiger partial charge in [0.25, 0.3) is 0 Å². The van der Waals surface area contributed by atoms with Crippen molar-refractivity contribution in [2.24, 2.45) is 0 Å². The van der Waals surface area contributed by atoms with Gasteiger partial charge in [0.1, 0.15) is 29.6 Å². The van der Waals surface area contributed by atoms with Gasteiger partial charge in [0.15, 0.2) is 0 Å². The van der Waals surface area contributed by atoms with Crippen molar-refractivity contribution in [3.63, 3.8) is 0 Å². The second-order valence-corrected chi connectivity index (χ2v) is 4.06. The van der Waals surface area contributed by atoms with Crippen LogP contribution in [0.2, 0.25) is 5.15 Å². The standard InChI is InChI=1S/C10H12ClNO4/c11-7-3-5(1-2-12-7)10-9(15)8(14)6(4-13)16-10/h1-3,6,8-10,13-15H,4H2/t6-,8-,9-,10+/m1/s1. The van der Waals surface area contributed by atoms with Crippen LogP contribution in [0.4, 0.5) is 0 Å². The van der Waals surface area contributed by atoms with Crippen LogP contribution in [0, 0.1) is 0 Å². The highest BCUT2D eigenvalue weighted by atomic mass is 35.5. The molecule has 0 spiro atoms. The Bertz CT molecular complexity index is 376. The first-order valence-corrected chi connectivity index (χ1v) is 5.25. The van der Waals surface area contributed by atoms with Crippen molar-refractivity contribution in [1.29, 1.82) is 0 Å². The SMILES string of the molecule is OC[C@H]1O[C@@H](c2ccnc(Cl)c2)[C@H](O)[C@@H]1O. The maximum absolute atomic E-state index is 9.75. The van der Waals surface area contributed by atoms with Crippen LogP contribution in [0.15, 0.2) is 18.3 Å². The quantitative estimate of drug-likeness (QED) is 0.634. The summed E-state index contributed by atoms with van der Waals surface area (Å²) in [5.41, 5.74) is 0.627. The number of rotatable bonds is 2. The Labute approximate surface area is 97.3 Å². The van der Waals surface area contributed by atoms with E-state index in [9.17, 15) is 10.2 Å². The summed E-state index contributed by atoms with van der Waals surface area (Å²) in [6.07, 6.45) is -2.14. The number of aliphatic hydroxyl groups excluding tert-OH is 3. The average Bonchev–Trinajstić information content (AvgIpc) is 2.56. The molecule has 4 atom stereocenters. The first-order valence-electron chi connectivity index (χ1n) is 4.87. The molecule has 5 nitrogen and oxygen atoms in total. The average molecular weight is 246 g/mol. The fraction of sp³-hybridized carbons (Fsp3) is 0.500. The Balaban J connectivity index is 2.23. The second kappa shape index (κ2) is 4.65. The fourth-order valence-electron chi connectivity index (χ4n) is 1.77. The number of nitrogens with zero attached hydrogens (tertiary/aromatic N) is 1. The molecule has 0 radical (unpaired) electrons. The Hall–Kier alpha value is -0.720. The lowest BCUT2D eigenvalue weighted by atomic mass is 10.0. The lowest BCUT2D eigenvalue weighted by Crippen LogP contribution is -2.32. The van der Waals surface area contributed by atoms with E-state index in [1.807, 2.05) is 0 Å². The van der Waals surface area contributed by atoms with Gasteiger partial charge in [-0.25, -0.2) is 4.98 Å². The first-order chi connectivity index (χ1) is 7.63. The second-order valence-electron chi connectivity index (χ2n) is 3.67. The molecular weight excluding hydrogens is 234 g/mol. The summed E-state index contributed by atoms with van der Waals surface area (Å²) in [7, 11) is 0.